The Morgan fingerprint density at radius 3 is 1.50 bits per heavy atom. The number of carbonyl (C=O) groups is 1. The van der Waals surface area contributed by atoms with Gasteiger partial charge in [-0.15, -0.1) is 0 Å². The first-order valence-corrected chi connectivity index (χ1v) is 11.3. The first-order valence-electron chi connectivity index (χ1n) is 11.3. The number of rotatable bonds is 20. The van der Waals surface area contributed by atoms with Crippen molar-refractivity contribution in [2.75, 3.05) is 0 Å². The third-order valence-electron chi connectivity index (χ3n) is 4.84. The highest BCUT2D eigenvalue weighted by atomic mass is 16.4. The number of hydrogen-bond donors (Lipinski definition) is 1. The van der Waals surface area contributed by atoms with E-state index >= 15 is 0 Å². The van der Waals surface area contributed by atoms with Crippen LogP contribution in [0.25, 0.3) is 0 Å². The minimum absolute atomic E-state index is 0.277. The van der Waals surface area contributed by atoms with Gasteiger partial charge in [0.15, 0.2) is 0 Å². The van der Waals surface area contributed by atoms with E-state index in [-0.39, 0.29) is 6.42 Å². The Balaban J connectivity index is 3.14. The van der Waals surface area contributed by atoms with Crippen molar-refractivity contribution in [3.8, 4) is 0 Å². The van der Waals surface area contributed by atoms with Gasteiger partial charge in [-0.3, -0.25) is 4.79 Å². The van der Waals surface area contributed by atoms with E-state index in [2.05, 4.69) is 31.2 Å². The van der Waals surface area contributed by atoms with Gasteiger partial charge < -0.3 is 5.11 Å². The maximum absolute atomic E-state index is 10.4. The molecule has 0 unspecified atom stereocenters. The van der Waals surface area contributed by atoms with Crippen LogP contribution < -0.4 is 0 Å². The lowest BCUT2D eigenvalue weighted by atomic mass is 10.0. The molecule has 0 rings (SSSR count). The lowest BCUT2D eigenvalue weighted by Gasteiger charge is -2.02. The van der Waals surface area contributed by atoms with Crippen molar-refractivity contribution >= 4 is 5.97 Å². The molecule has 2 heteroatoms. The molecule has 0 saturated carbocycles. The molecule has 0 amide bonds. The topological polar surface area (TPSA) is 37.3 Å². The molecule has 26 heavy (non-hydrogen) atoms. The highest BCUT2D eigenvalue weighted by molar-refractivity contribution is 5.66. The molecule has 0 heterocycles. The lowest BCUT2D eigenvalue weighted by molar-refractivity contribution is -0.137. The Morgan fingerprint density at radius 2 is 1.04 bits per heavy atom. The normalized spacial score (nSPS) is 11.7. The van der Waals surface area contributed by atoms with E-state index in [0.717, 1.165) is 19.3 Å². The van der Waals surface area contributed by atoms with E-state index < -0.39 is 5.97 Å². The highest BCUT2D eigenvalue weighted by Crippen LogP contribution is 2.13. The van der Waals surface area contributed by atoms with E-state index in [1.54, 1.807) is 0 Å². The van der Waals surface area contributed by atoms with Gasteiger partial charge in [0.2, 0.25) is 0 Å². The fraction of sp³-hybridized carbons (Fsp3) is 0.792. The van der Waals surface area contributed by atoms with Crippen LogP contribution in [0.4, 0.5) is 0 Å². The van der Waals surface area contributed by atoms with Gasteiger partial charge in [-0.2, -0.15) is 0 Å². The molecule has 0 saturated heterocycles. The molecule has 0 atom stereocenters. The predicted octanol–water partition coefficient (Wildman–Crippen LogP) is 8.23. The second-order valence-corrected chi connectivity index (χ2v) is 7.50. The summed E-state index contributed by atoms with van der Waals surface area (Å²) in [6.07, 6.45) is 31.2. The first-order chi connectivity index (χ1) is 12.8. The van der Waals surface area contributed by atoms with Gasteiger partial charge in [0.05, 0.1) is 0 Å². The van der Waals surface area contributed by atoms with Gasteiger partial charge in [-0.1, -0.05) is 108 Å². The van der Waals surface area contributed by atoms with Gasteiger partial charge in [0.25, 0.3) is 0 Å². The summed E-state index contributed by atoms with van der Waals surface area (Å²) < 4.78 is 0. The zero-order valence-electron chi connectivity index (χ0n) is 17.4. The van der Waals surface area contributed by atoms with E-state index in [1.165, 1.54) is 89.9 Å². The maximum atomic E-state index is 10.4. The van der Waals surface area contributed by atoms with E-state index in [9.17, 15) is 4.79 Å². The van der Waals surface area contributed by atoms with Crippen LogP contribution in [-0.4, -0.2) is 11.1 Å². The molecule has 0 bridgehead atoms. The lowest BCUT2D eigenvalue weighted by Crippen LogP contribution is -1.92. The zero-order chi connectivity index (χ0) is 19.1. The SMILES string of the molecule is CCCCCCCCCCCCCCCC=CCC=CCCCC(=O)O. The van der Waals surface area contributed by atoms with E-state index in [0.29, 0.717) is 0 Å². The Kier molecular flexibility index (Phi) is 21.1. The summed E-state index contributed by atoms with van der Waals surface area (Å²) in [5.41, 5.74) is 0. The average molecular weight is 365 g/mol. The van der Waals surface area contributed by atoms with Crippen molar-refractivity contribution in [2.45, 2.75) is 122 Å². The summed E-state index contributed by atoms with van der Waals surface area (Å²) in [5.74, 6) is -0.698. The molecule has 0 aromatic carbocycles. The molecule has 0 radical (unpaired) electrons. The standard InChI is InChI=1S/C24H44O2/c1-2-3-4-5-6-7-8-9-10-11-12-13-14-15-16-17-18-19-20-21-22-23-24(25)26/h16-17,19-20H,2-15,18,21-23H2,1H3,(H,25,26). The number of hydrogen-bond acceptors (Lipinski definition) is 1. The van der Waals surface area contributed by atoms with Gasteiger partial charge in [0, 0.05) is 6.42 Å². The van der Waals surface area contributed by atoms with Crippen LogP contribution in [0.1, 0.15) is 122 Å². The van der Waals surface area contributed by atoms with Crippen LogP contribution in [0.2, 0.25) is 0 Å². The van der Waals surface area contributed by atoms with Crippen LogP contribution in [0.15, 0.2) is 24.3 Å². The van der Waals surface area contributed by atoms with Crippen LogP contribution >= 0.6 is 0 Å². The van der Waals surface area contributed by atoms with Gasteiger partial charge in [-0.25, -0.2) is 0 Å². The number of unbranched alkanes of at least 4 members (excludes halogenated alkanes) is 14. The summed E-state index contributed by atoms with van der Waals surface area (Å²) >= 11 is 0. The summed E-state index contributed by atoms with van der Waals surface area (Å²) in [7, 11) is 0. The molecule has 0 aromatic rings. The first kappa shape index (κ1) is 24.9. The fourth-order valence-corrected chi connectivity index (χ4v) is 3.16. The van der Waals surface area contributed by atoms with Crippen LogP contribution in [0.3, 0.4) is 0 Å². The van der Waals surface area contributed by atoms with Crippen molar-refractivity contribution in [1.29, 1.82) is 0 Å². The summed E-state index contributed by atoms with van der Waals surface area (Å²) in [6, 6.07) is 0. The van der Waals surface area contributed by atoms with Gasteiger partial charge >= 0.3 is 5.97 Å². The second kappa shape index (κ2) is 22.0. The summed E-state index contributed by atoms with van der Waals surface area (Å²) in [4.78, 5) is 10.4. The molecule has 1 N–H and O–H groups in total. The molecule has 0 spiro atoms. The van der Waals surface area contributed by atoms with E-state index in [1.807, 2.05) is 0 Å². The summed E-state index contributed by atoms with van der Waals surface area (Å²) in [6.45, 7) is 2.28. The smallest absolute Gasteiger partial charge is 0.303 e. The molecular weight excluding hydrogens is 320 g/mol. The number of carboxylic acids is 1. The predicted molar refractivity (Wildman–Crippen MR) is 115 cm³/mol. The van der Waals surface area contributed by atoms with E-state index in [4.69, 9.17) is 5.11 Å². The van der Waals surface area contributed by atoms with Crippen molar-refractivity contribution in [2.24, 2.45) is 0 Å². The molecular formula is C24H44O2. The molecule has 0 aliphatic carbocycles. The molecule has 0 fully saturated rings. The summed E-state index contributed by atoms with van der Waals surface area (Å²) in [5, 5.41) is 8.54. The fourth-order valence-electron chi connectivity index (χ4n) is 3.16. The maximum Gasteiger partial charge on any atom is 0.303 e. The largest absolute Gasteiger partial charge is 0.481 e. The van der Waals surface area contributed by atoms with Crippen molar-refractivity contribution in [3.05, 3.63) is 24.3 Å². The monoisotopic (exact) mass is 364 g/mol. The molecule has 152 valence electrons. The van der Waals surface area contributed by atoms with Crippen molar-refractivity contribution < 1.29 is 9.90 Å². The van der Waals surface area contributed by atoms with Crippen LogP contribution in [-0.2, 0) is 4.79 Å². The van der Waals surface area contributed by atoms with Crippen LogP contribution in [0.5, 0.6) is 0 Å². The molecule has 0 aromatic heterocycles. The zero-order valence-corrected chi connectivity index (χ0v) is 17.4. The average Bonchev–Trinajstić information content (AvgIpc) is 2.62. The Labute approximate surface area is 163 Å². The quantitative estimate of drug-likeness (QED) is 0.174. The van der Waals surface area contributed by atoms with Crippen LogP contribution in [0, 0.1) is 0 Å². The molecule has 0 aliphatic rings. The minimum atomic E-state index is -0.698. The van der Waals surface area contributed by atoms with Gasteiger partial charge in [-0.05, 0) is 32.1 Å². The van der Waals surface area contributed by atoms with Crippen molar-refractivity contribution in [3.63, 3.8) is 0 Å². The van der Waals surface area contributed by atoms with Gasteiger partial charge in [0.1, 0.15) is 0 Å². The number of allylic oxidation sites excluding steroid dienone is 4. The third-order valence-corrected chi connectivity index (χ3v) is 4.84. The van der Waals surface area contributed by atoms with Crippen molar-refractivity contribution in [1.82, 2.24) is 0 Å². The Bertz CT molecular complexity index is 344. The number of aliphatic carboxylic acids is 1. The Hall–Kier alpha value is -1.05. The Morgan fingerprint density at radius 1 is 0.615 bits per heavy atom. The molecule has 0 aliphatic heterocycles. The third kappa shape index (κ3) is 22.9. The minimum Gasteiger partial charge on any atom is -0.481 e. The number of carboxylic acid groups (broad SMARTS) is 1. The second-order valence-electron chi connectivity index (χ2n) is 7.50. The molecule has 2 nitrogen and oxygen atoms in total. The highest BCUT2D eigenvalue weighted by Gasteiger charge is 1.94.